The van der Waals surface area contributed by atoms with E-state index in [0.29, 0.717) is 0 Å². The van der Waals surface area contributed by atoms with Crippen LogP contribution in [-0.4, -0.2) is 24.1 Å². The third kappa shape index (κ3) is 3.17. The molecule has 0 unspecified atom stereocenters. The average molecular weight is 313 g/mol. The second kappa shape index (κ2) is 5.46. The smallest absolute Gasteiger partial charge is 0.149 e. The Kier molecular flexibility index (Phi) is 3.96. The third-order valence-electron chi connectivity index (χ3n) is 2.28. The summed E-state index contributed by atoms with van der Waals surface area (Å²) in [5.41, 5.74) is 0. The fourth-order valence-corrected chi connectivity index (χ4v) is 2.91. The van der Waals surface area contributed by atoms with Crippen LogP contribution >= 0.6 is 27.3 Å². The summed E-state index contributed by atoms with van der Waals surface area (Å²) in [4.78, 5) is 12.0. The lowest BCUT2D eigenvalue weighted by atomic mass is 10.4. The van der Waals surface area contributed by atoms with E-state index < -0.39 is 0 Å². The lowest BCUT2D eigenvalue weighted by Crippen LogP contribution is -2.17. The molecule has 0 amide bonds. The van der Waals surface area contributed by atoms with E-state index in [4.69, 9.17) is 0 Å². The molecule has 0 spiro atoms. The number of rotatable bonds is 4. The van der Waals surface area contributed by atoms with Gasteiger partial charge in [-0.25, -0.2) is 4.98 Å². The number of thiophene rings is 1. The van der Waals surface area contributed by atoms with Gasteiger partial charge in [-0.05, 0) is 22.0 Å². The number of aromatic nitrogens is 2. The van der Waals surface area contributed by atoms with Crippen LogP contribution in [0.3, 0.4) is 0 Å². The zero-order valence-electron chi connectivity index (χ0n) is 9.64. The minimum Gasteiger partial charge on any atom is -0.372 e. The average Bonchev–Trinajstić information content (AvgIpc) is 2.75. The van der Waals surface area contributed by atoms with E-state index >= 15 is 0 Å². The van der Waals surface area contributed by atoms with Gasteiger partial charge in [0, 0.05) is 28.8 Å². The highest BCUT2D eigenvalue weighted by atomic mass is 79.9. The Morgan fingerprint density at radius 1 is 1.47 bits per heavy atom. The van der Waals surface area contributed by atoms with Gasteiger partial charge in [0.2, 0.25) is 0 Å². The zero-order valence-corrected chi connectivity index (χ0v) is 12.0. The molecule has 0 aliphatic heterocycles. The molecule has 2 aromatic rings. The molecule has 4 nitrogen and oxygen atoms in total. The first kappa shape index (κ1) is 12.3. The van der Waals surface area contributed by atoms with E-state index in [9.17, 15) is 0 Å². The van der Waals surface area contributed by atoms with Crippen molar-refractivity contribution in [2.24, 2.45) is 0 Å². The Morgan fingerprint density at radius 3 is 2.94 bits per heavy atom. The highest BCUT2D eigenvalue weighted by Gasteiger charge is 2.06. The molecule has 90 valence electrons. The van der Waals surface area contributed by atoms with Crippen LogP contribution < -0.4 is 10.2 Å². The van der Waals surface area contributed by atoms with Gasteiger partial charge in [-0.1, -0.05) is 0 Å². The molecule has 0 aliphatic carbocycles. The first-order valence-corrected chi connectivity index (χ1v) is 6.80. The maximum absolute atomic E-state index is 4.44. The van der Waals surface area contributed by atoms with Crippen LogP contribution in [0.2, 0.25) is 0 Å². The molecule has 0 saturated carbocycles. The maximum Gasteiger partial charge on any atom is 0.149 e. The Labute approximate surface area is 113 Å². The molecular formula is C11H13BrN4S. The van der Waals surface area contributed by atoms with Crippen molar-refractivity contribution < 1.29 is 0 Å². The predicted molar refractivity (Wildman–Crippen MR) is 75.7 cm³/mol. The van der Waals surface area contributed by atoms with Gasteiger partial charge in [-0.15, -0.1) is 11.3 Å². The predicted octanol–water partition coefficient (Wildman–Crippen LogP) is 2.98. The molecule has 0 radical (unpaired) electrons. The Bertz CT molecular complexity index is 500. The molecule has 0 bridgehead atoms. The minimum absolute atomic E-state index is 0.779. The van der Waals surface area contributed by atoms with Gasteiger partial charge in [0.25, 0.3) is 0 Å². The van der Waals surface area contributed by atoms with Crippen molar-refractivity contribution >= 4 is 38.9 Å². The molecule has 1 N–H and O–H groups in total. The second-order valence-corrected chi connectivity index (χ2v) is 5.51. The summed E-state index contributed by atoms with van der Waals surface area (Å²) < 4.78 is 1.13. The zero-order chi connectivity index (χ0) is 12.3. The van der Waals surface area contributed by atoms with E-state index in [1.807, 2.05) is 14.1 Å². The number of halogens is 1. The number of hydrogen-bond acceptors (Lipinski definition) is 5. The first-order chi connectivity index (χ1) is 8.19. The van der Waals surface area contributed by atoms with E-state index in [2.05, 4.69) is 47.6 Å². The van der Waals surface area contributed by atoms with Gasteiger partial charge in [-0.2, -0.15) is 0 Å². The van der Waals surface area contributed by atoms with Gasteiger partial charge in [0.05, 0.1) is 18.9 Å². The van der Waals surface area contributed by atoms with Crippen molar-refractivity contribution in [2.75, 3.05) is 24.3 Å². The lowest BCUT2D eigenvalue weighted by molar-refractivity contribution is 0.904. The van der Waals surface area contributed by atoms with Gasteiger partial charge in [-0.3, -0.25) is 4.98 Å². The van der Waals surface area contributed by atoms with Crippen LogP contribution in [0.15, 0.2) is 28.3 Å². The summed E-state index contributed by atoms with van der Waals surface area (Å²) in [6.07, 6.45) is 3.47. The quantitative estimate of drug-likeness (QED) is 0.942. The van der Waals surface area contributed by atoms with Gasteiger partial charge < -0.3 is 10.2 Å². The standard InChI is InChI=1S/C11H13BrN4S/c1-13-10-4-14-5-11(15-10)16(2)6-9-3-8(12)7-17-9/h3-5,7H,6H2,1-2H3,(H,13,15). The second-order valence-electron chi connectivity index (χ2n) is 3.60. The van der Waals surface area contributed by atoms with Crippen LogP contribution in [-0.2, 0) is 6.54 Å². The highest BCUT2D eigenvalue weighted by Crippen LogP contribution is 2.22. The van der Waals surface area contributed by atoms with Crippen molar-refractivity contribution in [3.63, 3.8) is 0 Å². The van der Waals surface area contributed by atoms with Crippen LogP contribution in [0.5, 0.6) is 0 Å². The van der Waals surface area contributed by atoms with Crippen LogP contribution in [0.1, 0.15) is 4.88 Å². The summed E-state index contributed by atoms with van der Waals surface area (Å²) in [6, 6.07) is 2.12. The molecule has 2 rings (SSSR count). The molecule has 0 aromatic carbocycles. The number of anilines is 2. The van der Waals surface area contributed by atoms with E-state index in [1.54, 1.807) is 23.7 Å². The van der Waals surface area contributed by atoms with E-state index in [-0.39, 0.29) is 0 Å². The van der Waals surface area contributed by atoms with Gasteiger partial charge >= 0.3 is 0 Å². The van der Waals surface area contributed by atoms with Crippen LogP contribution in [0.4, 0.5) is 11.6 Å². The fourth-order valence-electron chi connectivity index (χ4n) is 1.41. The fraction of sp³-hybridized carbons (Fsp3) is 0.273. The highest BCUT2D eigenvalue weighted by molar-refractivity contribution is 9.10. The molecule has 0 saturated heterocycles. The van der Waals surface area contributed by atoms with Crippen molar-refractivity contribution in [1.82, 2.24) is 9.97 Å². The summed E-state index contributed by atoms with van der Waals surface area (Å²) in [5, 5.41) is 5.07. The summed E-state index contributed by atoms with van der Waals surface area (Å²) in [5.74, 6) is 1.64. The third-order valence-corrected chi connectivity index (χ3v) is 3.97. The monoisotopic (exact) mass is 312 g/mol. The summed E-state index contributed by atoms with van der Waals surface area (Å²) >= 11 is 5.19. The molecule has 0 atom stereocenters. The maximum atomic E-state index is 4.44. The van der Waals surface area contributed by atoms with Crippen molar-refractivity contribution in [3.8, 4) is 0 Å². The molecule has 0 aliphatic rings. The van der Waals surface area contributed by atoms with E-state index in [1.165, 1.54) is 4.88 Å². The SMILES string of the molecule is CNc1cncc(N(C)Cc2cc(Br)cs2)n1. The first-order valence-electron chi connectivity index (χ1n) is 5.13. The van der Waals surface area contributed by atoms with Crippen LogP contribution in [0, 0.1) is 0 Å². The van der Waals surface area contributed by atoms with E-state index in [0.717, 1.165) is 22.7 Å². The number of nitrogens with one attached hydrogen (secondary N) is 1. The van der Waals surface area contributed by atoms with Crippen molar-refractivity contribution in [1.29, 1.82) is 0 Å². The summed E-state index contributed by atoms with van der Waals surface area (Å²) in [6.45, 7) is 0.831. The number of hydrogen-bond donors (Lipinski definition) is 1. The topological polar surface area (TPSA) is 41.1 Å². The minimum atomic E-state index is 0.779. The van der Waals surface area contributed by atoms with Crippen LogP contribution in [0.25, 0.3) is 0 Å². The van der Waals surface area contributed by atoms with Crippen molar-refractivity contribution in [2.45, 2.75) is 6.54 Å². The molecule has 2 heterocycles. The summed E-state index contributed by atoms with van der Waals surface area (Å²) in [7, 11) is 3.85. The molecule has 2 aromatic heterocycles. The van der Waals surface area contributed by atoms with Crippen molar-refractivity contribution in [3.05, 3.63) is 33.2 Å². The Morgan fingerprint density at radius 2 is 2.29 bits per heavy atom. The van der Waals surface area contributed by atoms with Gasteiger partial charge in [0.15, 0.2) is 0 Å². The van der Waals surface area contributed by atoms with Gasteiger partial charge in [0.1, 0.15) is 11.6 Å². The molecule has 17 heavy (non-hydrogen) atoms. The largest absolute Gasteiger partial charge is 0.372 e. The molecular weight excluding hydrogens is 300 g/mol. The molecule has 6 heteroatoms. The number of nitrogens with zero attached hydrogens (tertiary/aromatic N) is 3. The lowest BCUT2D eigenvalue weighted by Gasteiger charge is -2.17. The normalized spacial score (nSPS) is 10.3. The Balaban J connectivity index is 2.11. The molecule has 0 fully saturated rings. The Hall–Kier alpha value is -1.14.